The van der Waals surface area contributed by atoms with Gasteiger partial charge >= 0.3 is 0 Å². The number of amides is 1. The third-order valence-electron chi connectivity index (χ3n) is 3.77. The number of aryl methyl sites for hydroxylation is 1. The molecule has 0 saturated heterocycles. The van der Waals surface area contributed by atoms with Crippen LogP contribution in [0.3, 0.4) is 0 Å². The molecule has 0 aliphatic rings. The van der Waals surface area contributed by atoms with Crippen LogP contribution in [0.15, 0.2) is 85.2 Å². The average molecular weight is 303 g/mol. The third kappa shape index (κ3) is 3.64. The van der Waals surface area contributed by atoms with E-state index in [1.165, 1.54) is 0 Å². The third-order valence-corrected chi connectivity index (χ3v) is 3.77. The fourth-order valence-corrected chi connectivity index (χ4v) is 2.58. The summed E-state index contributed by atoms with van der Waals surface area (Å²) in [5.74, 6) is -0.359. The Morgan fingerprint density at radius 1 is 0.826 bits per heavy atom. The van der Waals surface area contributed by atoms with Crippen LogP contribution in [0.1, 0.15) is 17.0 Å². The first-order chi connectivity index (χ1) is 11.2. The van der Waals surface area contributed by atoms with Crippen LogP contribution in [0.25, 0.3) is 0 Å². The summed E-state index contributed by atoms with van der Waals surface area (Å²) in [6.07, 6.45) is 3.82. The van der Waals surface area contributed by atoms with Crippen molar-refractivity contribution in [2.75, 3.05) is 5.32 Å². The molecule has 2 aromatic carbocycles. The van der Waals surface area contributed by atoms with Gasteiger partial charge in [0.25, 0.3) is 0 Å². The van der Waals surface area contributed by atoms with E-state index in [2.05, 4.69) is 5.32 Å². The quantitative estimate of drug-likeness (QED) is 0.737. The van der Waals surface area contributed by atoms with Crippen molar-refractivity contribution in [3.63, 3.8) is 0 Å². The Bertz CT molecular complexity index is 728. The van der Waals surface area contributed by atoms with E-state index in [1.807, 2.05) is 96.8 Å². The van der Waals surface area contributed by atoms with E-state index >= 15 is 0 Å². The number of carbonyl (C=O) groups excluding carboxylic acids is 1. The molecule has 0 unspecified atom stereocenters. The molecule has 0 aliphatic heterocycles. The first-order valence-electron chi connectivity index (χ1n) is 7.60. The molecule has 3 aromatic rings. The van der Waals surface area contributed by atoms with E-state index in [-0.39, 0.29) is 11.8 Å². The zero-order valence-corrected chi connectivity index (χ0v) is 13.0. The monoisotopic (exact) mass is 303 g/mol. The minimum atomic E-state index is -0.327. The highest BCUT2D eigenvalue weighted by Crippen LogP contribution is 2.26. The lowest BCUT2D eigenvalue weighted by Crippen LogP contribution is -2.27. The molecule has 0 saturated carbocycles. The van der Waals surface area contributed by atoms with Crippen LogP contribution in [-0.4, -0.2) is 5.91 Å². The van der Waals surface area contributed by atoms with E-state index in [1.54, 1.807) is 0 Å². The van der Waals surface area contributed by atoms with Crippen molar-refractivity contribution in [1.29, 1.82) is 0 Å². The second kappa shape index (κ2) is 6.88. The zero-order chi connectivity index (χ0) is 16.1. The Hall–Kier alpha value is -2.94. The maximum atomic E-state index is 12.9. The minimum absolute atomic E-state index is 0.0312. The van der Waals surface area contributed by atoms with Gasteiger partial charge in [0, 0.05) is 12.1 Å². The van der Waals surface area contributed by atoms with Gasteiger partial charge in [-0.25, -0.2) is 4.57 Å². The van der Waals surface area contributed by atoms with Gasteiger partial charge in [0.15, 0.2) is 12.4 Å². The minimum Gasteiger partial charge on any atom is -0.325 e. The van der Waals surface area contributed by atoms with Gasteiger partial charge in [-0.3, -0.25) is 4.79 Å². The number of nitrogens with zero attached hydrogens (tertiary/aromatic N) is 1. The SMILES string of the molecule is C[n+]1ccc(NC(=O)C(c2ccccc2)c2ccccc2)cc1. The van der Waals surface area contributed by atoms with Crippen molar-refractivity contribution in [3.05, 3.63) is 96.3 Å². The first kappa shape index (κ1) is 15.0. The fourth-order valence-electron chi connectivity index (χ4n) is 2.58. The first-order valence-corrected chi connectivity index (χ1v) is 7.60. The predicted molar refractivity (Wildman–Crippen MR) is 91.0 cm³/mol. The summed E-state index contributed by atoms with van der Waals surface area (Å²) in [7, 11) is 1.95. The van der Waals surface area contributed by atoms with Gasteiger partial charge in [-0.1, -0.05) is 60.7 Å². The van der Waals surface area contributed by atoms with Crippen molar-refractivity contribution < 1.29 is 9.36 Å². The summed E-state index contributed by atoms with van der Waals surface area (Å²) in [6.45, 7) is 0. The van der Waals surface area contributed by atoms with Gasteiger partial charge < -0.3 is 5.32 Å². The van der Waals surface area contributed by atoms with Gasteiger partial charge in [-0.2, -0.15) is 0 Å². The Labute approximate surface area is 136 Å². The molecule has 3 heteroatoms. The van der Waals surface area contributed by atoms with Gasteiger partial charge in [0.1, 0.15) is 7.05 Å². The largest absolute Gasteiger partial charge is 0.325 e. The lowest BCUT2D eigenvalue weighted by atomic mass is 9.90. The smallest absolute Gasteiger partial charge is 0.236 e. The summed E-state index contributed by atoms with van der Waals surface area (Å²) >= 11 is 0. The number of anilines is 1. The number of hydrogen-bond acceptors (Lipinski definition) is 1. The molecule has 1 amide bonds. The van der Waals surface area contributed by atoms with Crippen LogP contribution >= 0.6 is 0 Å². The van der Waals surface area contributed by atoms with Crippen LogP contribution < -0.4 is 9.88 Å². The molecule has 1 heterocycles. The van der Waals surface area contributed by atoms with Crippen molar-refractivity contribution in [2.45, 2.75) is 5.92 Å². The van der Waals surface area contributed by atoms with E-state index in [4.69, 9.17) is 0 Å². The van der Waals surface area contributed by atoms with Crippen molar-refractivity contribution in [2.24, 2.45) is 7.05 Å². The second-order valence-electron chi connectivity index (χ2n) is 5.50. The van der Waals surface area contributed by atoms with E-state index in [0.29, 0.717) is 0 Å². The molecule has 0 atom stereocenters. The van der Waals surface area contributed by atoms with Crippen molar-refractivity contribution in [1.82, 2.24) is 0 Å². The van der Waals surface area contributed by atoms with Gasteiger partial charge in [0.2, 0.25) is 5.91 Å². The number of nitrogens with one attached hydrogen (secondary N) is 1. The summed E-state index contributed by atoms with van der Waals surface area (Å²) in [5.41, 5.74) is 2.76. The molecule has 3 nitrogen and oxygen atoms in total. The van der Waals surface area contributed by atoms with Crippen LogP contribution in [0.4, 0.5) is 5.69 Å². The summed E-state index contributed by atoms with van der Waals surface area (Å²) in [4.78, 5) is 12.9. The second-order valence-corrected chi connectivity index (χ2v) is 5.50. The molecule has 0 radical (unpaired) electrons. The van der Waals surface area contributed by atoms with Crippen molar-refractivity contribution in [3.8, 4) is 0 Å². The Morgan fingerprint density at radius 2 is 1.30 bits per heavy atom. The van der Waals surface area contributed by atoms with E-state index < -0.39 is 0 Å². The van der Waals surface area contributed by atoms with Crippen LogP contribution in [0.5, 0.6) is 0 Å². The maximum Gasteiger partial charge on any atom is 0.236 e. The topological polar surface area (TPSA) is 33.0 Å². The molecule has 114 valence electrons. The van der Waals surface area contributed by atoms with E-state index in [0.717, 1.165) is 16.8 Å². The molecule has 0 aliphatic carbocycles. The average Bonchev–Trinajstić information content (AvgIpc) is 2.59. The number of rotatable bonds is 4. The number of hydrogen-bond donors (Lipinski definition) is 1. The molecule has 0 fully saturated rings. The molecule has 1 N–H and O–H groups in total. The molecule has 0 spiro atoms. The highest BCUT2D eigenvalue weighted by molar-refractivity contribution is 5.98. The highest BCUT2D eigenvalue weighted by atomic mass is 16.1. The summed E-state index contributed by atoms with van der Waals surface area (Å²) in [6, 6.07) is 23.5. The van der Waals surface area contributed by atoms with Crippen LogP contribution in [0, 0.1) is 0 Å². The highest BCUT2D eigenvalue weighted by Gasteiger charge is 2.22. The molecule has 1 aromatic heterocycles. The zero-order valence-electron chi connectivity index (χ0n) is 13.0. The molecule has 23 heavy (non-hydrogen) atoms. The predicted octanol–water partition coefficient (Wildman–Crippen LogP) is 3.28. The van der Waals surface area contributed by atoms with Gasteiger partial charge in [-0.15, -0.1) is 0 Å². The Morgan fingerprint density at radius 3 is 1.78 bits per heavy atom. The standard InChI is InChI=1S/C20H18N2O/c1-22-14-12-18(13-15-22)21-20(23)19(16-8-4-2-5-9-16)17-10-6-3-7-11-17/h2-15,19H,1H3/p+1. The van der Waals surface area contributed by atoms with Crippen LogP contribution in [0.2, 0.25) is 0 Å². The Balaban J connectivity index is 1.92. The van der Waals surface area contributed by atoms with Gasteiger partial charge in [0.05, 0.1) is 11.6 Å². The Kier molecular flexibility index (Phi) is 4.48. The molecular weight excluding hydrogens is 284 g/mol. The normalized spacial score (nSPS) is 10.5. The fraction of sp³-hybridized carbons (Fsp3) is 0.100. The van der Waals surface area contributed by atoms with Crippen molar-refractivity contribution >= 4 is 11.6 Å². The molecule has 3 rings (SSSR count). The lowest BCUT2D eigenvalue weighted by Gasteiger charge is -2.17. The van der Waals surface area contributed by atoms with Crippen LogP contribution in [-0.2, 0) is 11.8 Å². The molecular formula is C20H19N2O+. The number of pyridine rings is 1. The molecule has 0 bridgehead atoms. The maximum absolute atomic E-state index is 12.9. The van der Waals surface area contributed by atoms with E-state index in [9.17, 15) is 4.79 Å². The number of aromatic nitrogens is 1. The summed E-state index contributed by atoms with van der Waals surface area (Å²) < 4.78 is 1.93. The lowest BCUT2D eigenvalue weighted by molar-refractivity contribution is -0.671. The summed E-state index contributed by atoms with van der Waals surface area (Å²) in [5, 5.41) is 3.01. The number of carbonyl (C=O) groups is 1. The van der Waals surface area contributed by atoms with Gasteiger partial charge in [-0.05, 0) is 11.1 Å². The number of benzene rings is 2.